The number of benzene rings is 1. The fraction of sp³-hybridized carbons (Fsp3) is 0.467. The average Bonchev–Trinajstić information content (AvgIpc) is 2.46. The second-order valence-corrected chi connectivity index (χ2v) is 7.16. The summed E-state index contributed by atoms with van der Waals surface area (Å²) in [5.41, 5.74) is 0. The van der Waals surface area contributed by atoms with Crippen molar-refractivity contribution in [1.82, 2.24) is 10.0 Å². The summed E-state index contributed by atoms with van der Waals surface area (Å²) < 4.78 is 26.4. The molecular formula is C15H22N2O4S. The Kier molecular flexibility index (Phi) is 6.70. The molecule has 0 saturated carbocycles. The van der Waals surface area contributed by atoms with E-state index in [4.69, 9.17) is 0 Å². The van der Waals surface area contributed by atoms with Crippen molar-refractivity contribution in [2.75, 3.05) is 6.54 Å². The molecule has 6 nitrogen and oxygen atoms in total. The van der Waals surface area contributed by atoms with Gasteiger partial charge in [0.2, 0.25) is 15.8 Å². The maximum absolute atomic E-state index is 12.0. The Labute approximate surface area is 131 Å². The highest BCUT2D eigenvalue weighted by atomic mass is 32.2. The number of sulfonamides is 1. The van der Waals surface area contributed by atoms with Crippen LogP contribution in [-0.2, 0) is 19.6 Å². The van der Waals surface area contributed by atoms with E-state index >= 15 is 0 Å². The number of Topliss-reactive ketones (excluding diaryl/α,β-unsaturated/α-hetero) is 1. The van der Waals surface area contributed by atoms with E-state index in [9.17, 15) is 18.0 Å². The second-order valence-electron chi connectivity index (χ2n) is 5.39. The highest BCUT2D eigenvalue weighted by Gasteiger charge is 2.19. The van der Waals surface area contributed by atoms with Crippen LogP contribution < -0.4 is 10.0 Å². The van der Waals surface area contributed by atoms with Gasteiger partial charge in [0.15, 0.2) is 0 Å². The Morgan fingerprint density at radius 2 is 1.68 bits per heavy atom. The standard InChI is InChI=1S/C15H22N2O4S/c1-11(2)14(18)15(19)17-12(3)9-10-16-22(20,21)13-7-5-4-6-8-13/h4-8,11-12,16H,9-10H2,1-3H3,(H,17,19). The van der Waals surface area contributed by atoms with Crippen LogP contribution in [0.25, 0.3) is 0 Å². The molecule has 1 atom stereocenters. The first-order valence-electron chi connectivity index (χ1n) is 7.13. The van der Waals surface area contributed by atoms with Gasteiger partial charge >= 0.3 is 0 Å². The van der Waals surface area contributed by atoms with E-state index < -0.39 is 21.7 Å². The fourth-order valence-corrected chi connectivity index (χ4v) is 2.79. The van der Waals surface area contributed by atoms with Crippen molar-refractivity contribution < 1.29 is 18.0 Å². The van der Waals surface area contributed by atoms with Gasteiger partial charge in [-0.1, -0.05) is 32.0 Å². The molecule has 22 heavy (non-hydrogen) atoms. The predicted molar refractivity (Wildman–Crippen MR) is 83.7 cm³/mol. The Balaban J connectivity index is 2.44. The van der Waals surface area contributed by atoms with Crippen molar-refractivity contribution in [3.8, 4) is 0 Å². The third kappa shape index (κ3) is 5.57. The molecule has 1 aromatic rings. The van der Waals surface area contributed by atoms with E-state index in [1.54, 1.807) is 39.0 Å². The molecule has 1 rings (SSSR count). The Morgan fingerprint density at radius 3 is 2.23 bits per heavy atom. The zero-order valence-corrected chi connectivity index (χ0v) is 13.8. The topological polar surface area (TPSA) is 92.3 Å². The van der Waals surface area contributed by atoms with Crippen molar-refractivity contribution in [1.29, 1.82) is 0 Å². The monoisotopic (exact) mass is 326 g/mol. The summed E-state index contributed by atoms with van der Waals surface area (Å²) in [4.78, 5) is 23.2. The highest BCUT2D eigenvalue weighted by Crippen LogP contribution is 2.07. The molecule has 0 spiro atoms. The molecule has 122 valence electrons. The number of ketones is 1. The molecule has 0 aromatic heterocycles. The molecule has 0 heterocycles. The maximum atomic E-state index is 12.0. The van der Waals surface area contributed by atoms with Crippen LogP contribution in [-0.4, -0.2) is 32.7 Å². The number of hydrogen-bond donors (Lipinski definition) is 2. The van der Waals surface area contributed by atoms with Gasteiger partial charge in [-0.25, -0.2) is 13.1 Å². The number of amides is 1. The maximum Gasteiger partial charge on any atom is 0.287 e. The number of carbonyl (C=O) groups excluding carboxylic acids is 2. The number of rotatable bonds is 8. The van der Waals surface area contributed by atoms with Crippen molar-refractivity contribution >= 4 is 21.7 Å². The summed E-state index contributed by atoms with van der Waals surface area (Å²) in [6.07, 6.45) is 0.392. The third-order valence-corrected chi connectivity index (χ3v) is 4.53. The molecule has 0 saturated heterocycles. The predicted octanol–water partition coefficient (Wildman–Crippen LogP) is 1.08. The van der Waals surface area contributed by atoms with Crippen LogP contribution in [0.3, 0.4) is 0 Å². The Morgan fingerprint density at radius 1 is 1.09 bits per heavy atom. The zero-order valence-electron chi connectivity index (χ0n) is 13.0. The van der Waals surface area contributed by atoms with Gasteiger partial charge in [0.05, 0.1) is 4.90 Å². The van der Waals surface area contributed by atoms with Gasteiger partial charge in [-0.05, 0) is 25.5 Å². The summed E-state index contributed by atoms with van der Waals surface area (Å²) in [6.45, 7) is 5.21. The highest BCUT2D eigenvalue weighted by molar-refractivity contribution is 7.89. The Hall–Kier alpha value is -1.73. The molecule has 2 N–H and O–H groups in total. The van der Waals surface area contributed by atoms with Crippen LogP contribution in [0.1, 0.15) is 27.2 Å². The lowest BCUT2D eigenvalue weighted by Crippen LogP contribution is -2.41. The number of nitrogens with one attached hydrogen (secondary N) is 2. The van der Waals surface area contributed by atoms with Crippen LogP contribution >= 0.6 is 0 Å². The van der Waals surface area contributed by atoms with Crippen LogP contribution in [0.2, 0.25) is 0 Å². The number of hydrogen-bond acceptors (Lipinski definition) is 4. The lowest BCUT2D eigenvalue weighted by Gasteiger charge is -2.14. The normalized spacial score (nSPS) is 12.9. The van der Waals surface area contributed by atoms with Gasteiger partial charge in [0.1, 0.15) is 0 Å². The van der Waals surface area contributed by atoms with Crippen LogP contribution in [0.15, 0.2) is 35.2 Å². The van der Waals surface area contributed by atoms with E-state index in [2.05, 4.69) is 10.0 Å². The zero-order chi connectivity index (χ0) is 16.8. The minimum atomic E-state index is -3.54. The first-order valence-corrected chi connectivity index (χ1v) is 8.61. The van der Waals surface area contributed by atoms with Crippen molar-refractivity contribution in [3.63, 3.8) is 0 Å². The molecule has 0 bridgehead atoms. The molecule has 0 fully saturated rings. The smallest absolute Gasteiger partial charge is 0.287 e. The number of carbonyl (C=O) groups is 2. The van der Waals surface area contributed by atoms with Gasteiger partial charge in [0, 0.05) is 18.5 Å². The second kappa shape index (κ2) is 8.05. The third-order valence-electron chi connectivity index (χ3n) is 3.05. The molecular weight excluding hydrogens is 304 g/mol. The molecule has 1 aromatic carbocycles. The van der Waals surface area contributed by atoms with Crippen LogP contribution in [0.4, 0.5) is 0 Å². The first kappa shape index (κ1) is 18.3. The summed E-state index contributed by atoms with van der Waals surface area (Å²) in [5, 5.41) is 2.56. The molecule has 1 amide bonds. The lowest BCUT2D eigenvalue weighted by molar-refractivity contribution is -0.140. The van der Waals surface area contributed by atoms with Crippen LogP contribution in [0, 0.1) is 5.92 Å². The van der Waals surface area contributed by atoms with Crippen molar-refractivity contribution in [2.24, 2.45) is 5.92 Å². The average molecular weight is 326 g/mol. The van der Waals surface area contributed by atoms with E-state index in [0.29, 0.717) is 6.42 Å². The largest absolute Gasteiger partial charge is 0.347 e. The SMILES string of the molecule is CC(CCNS(=O)(=O)c1ccccc1)NC(=O)C(=O)C(C)C. The first-order chi connectivity index (χ1) is 10.2. The van der Waals surface area contributed by atoms with Crippen LogP contribution in [0.5, 0.6) is 0 Å². The van der Waals surface area contributed by atoms with Gasteiger partial charge in [0.25, 0.3) is 5.91 Å². The van der Waals surface area contributed by atoms with E-state index in [1.807, 2.05) is 0 Å². The van der Waals surface area contributed by atoms with Gasteiger partial charge in [-0.2, -0.15) is 0 Å². The molecule has 0 radical (unpaired) electrons. The Bertz CT molecular complexity index is 612. The van der Waals surface area contributed by atoms with E-state index in [-0.39, 0.29) is 23.4 Å². The molecule has 0 aliphatic carbocycles. The summed E-state index contributed by atoms with van der Waals surface area (Å²) in [5.74, 6) is -1.46. The van der Waals surface area contributed by atoms with Gasteiger partial charge in [-0.15, -0.1) is 0 Å². The quantitative estimate of drug-likeness (QED) is 0.699. The van der Waals surface area contributed by atoms with Gasteiger partial charge in [-0.3, -0.25) is 9.59 Å². The van der Waals surface area contributed by atoms with Gasteiger partial charge < -0.3 is 5.32 Å². The van der Waals surface area contributed by atoms with E-state index in [0.717, 1.165) is 0 Å². The minimum Gasteiger partial charge on any atom is -0.347 e. The molecule has 0 aliphatic rings. The van der Waals surface area contributed by atoms with Crippen molar-refractivity contribution in [2.45, 2.75) is 38.1 Å². The van der Waals surface area contributed by atoms with E-state index in [1.165, 1.54) is 12.1 Å². The van der Waals surface area contributed by atoms with Crippen molar-refractivity contribution in [3.05, 3.63) is 30.3 Å². The fourth-order valence-electron chi connectivity index (χ4n) is 1.72. The summed E-state index contributed by atoms with van der Waals surface area (Å²) in [7, 11) is -3.54. The molecule has 1 unspecified atom stereocenters. The summed E-state index contributed by atoms with van der Waals surface area (Å²) >= 11 is 0. The molecule has 7 heteroatoms. The molecule has 0 aliphatic heterocycles. The minimum absolute atomic E-state index is 0.175. The summed E-state index contributed by atoms with van der Waals surface area (Å²) in [6, 6.07) is 7.75. The lowest BCUT2D eigenvalue weighted by atomic mass is 10.1.